The lowest BCUT2D eigenvalue weighted by molar-refractivity contribution is -0.116. The summed E-state index contributed by atoms with van der Waals surface area (Å²) in [6.45, 7) is 2.45. The van der Waals surface area contributed by atoms with Crippen LogP contribution >= 0.6 is 12.4 Å². The lowest BCUT2D eigenvalue weighted by atomic mass is 9.90. The van der Waals surface area contributed by atoms with E-state index in [0.717, 1.165) is 5.56 Å². The van der Waals surface area contributed by atoms with Crippen LogP contribution in [0.4, 0.5) is 0 Å². The summed E-state index contributed by atoms with van der Waals surface area (Å²) < 4.78 is 0. The van der Waals surface area contributed by atoms with Crippen LogP contribution in [-0.4, -0.2) is 17.4 Å². The predicted molar refractivity (Wildman–Crippen MR) is 60.3 cm³/mol. The monoisotopic (exact) mass is 227 g/mol. The molecule has 4 heteroatoms. The zero-order chi connectivity index (χ0) is 10.2. The molecule has 1 atom stereocenters. The lowest BCUT2D eigenvalue weighted by Crippen LogP contribution is -2.32. The Bertz CT molecular complexity index is 363. The van der Waals surface area contributed by atoms with Gasteiger partial charge in [-0.05, 0) is 24.6 Å². The summed E-state index contributed by atoms with van der Waals surface area (Å²) in [5.41, 5.74) is 0.784. The van der Waals surface area contributed by atoms with Gasteiger partial charge in [0.25, 0.3) is 0 Å². The van der Waals surface area contributed by atoms with Gasteiger partial charge in [-0.1, -0.05) is 12.1 Å². The second-order valence-corrected chi connectivity index (χ2v) is 3.95. The van der Waals surface area contributed by atoms with Crippen LogP contribution in [-0.2, 0) is 10.3 Å². The van der Waals surface area contributed by atoms with E-state index in [1.54, 1.807) is 12.1 Å². The minimum atomic E-state index is -0.259. The van der Waals surface area contributed by atoms with Crippen molar-refractivity contribution in [2.24, 2.45) is 0 Å². The molecular weight excluding hydrogens is 214 g/mol. The Labute approximate surface area is 94.9 Å². The van der Waals surface area contributed by atoms with Gasteiger partial charge in [0, 0.05) is 12.0 Å². The van der Waals surface area contributed by atoms with Gasteiger partial charge < -0.3 is 10.4 Å². The molecule has 2 N–H and O–H groups in total. The van der Waals surface area contributed by atoms with E-state index < -0.39 is 0 Å². The molecule has 1 aromatic rings. The van der Waals surface area contributed by atoms with E-state index >= 15 is 0 Å². The number of carbonyl (C=O) groups is 1. The number of halogens is 1. The zero-order valence-electron chi connectivity index (χ0n) is 8.49. The summed E-state index contributed by atoms with van der Waals surface area (Å²) in [6, 6.07) is 6.98. The fourth-order valence-corrected chi connectivity index (χ4v) is 1.85. The molecule has 1 unspecified atom stereocenters. The summed E-state index contributed by atoms with van der Waals surface area (Å²) in [5.74, 6) is 0.488. The van der Waals surface area contributed by atoms with Gasteiger partial charge in [0.05, 0.1) is 6.54 Å². The Hall–Kier alpha value is -1.06. The molecule has 0 saturated carbocycles. The van der Waals surface area contributed by atoms with Gasteiger partial charge in [0.1, 0.15) is 11.5 Å². The number of phenols is 1. The standard InChI is InChI=1S/C11H13NO2.ClH/c1-11(6-10(14)7-12-11)8-2-4-9(13)5-3-8;/h2-5,12-13H,6-7H2,1H3;1H. The summed E-state index contributed by atoms with van der Waals surface area (Å²) in [4.78, 5) is 11.2. The topological polar surface area (TPSA) is 49.3 Å². The molecule has 1 aliphatic rings. The van der Waals surface area contributed by atoms with Gasteiger partial charge in [-0.3, -0.25) is 4.79 Å². The van der Waals surface area contributed by atoms with Crippen molar-refractivity contribution in [2.45, 2.75) is 18.9 Å². The molecule has 0 aromatic heterocycles. The second kappa shape index (κ2) is 4.21. The third kappa shape index (κ3) is 2.30. The molecule has 1 fully saturated rings. The van der Waals surface area contributed by atoms with Gasteiger partial charge in [0.15, 0.2) is 0 Å². The maximum atomic E-state index is 11.2. The molecule has 1 aliphatic heterocycles. The van der Waals surface area contributed by atoms with Crippen molar-refractivity contribution in [3.63, 3.8) is 0 Å². The van der Waals surface area contributed by atoms with E-state index in [-0.39, 0.29) is 29.5 Å². The highest BCUT2D eigenvalue weighted by Gasteiger charge is 2.34. The number of benzene rings is 1. The molecule has 1 heterocycles. The van der Waals surface area contributed by atoms with Gasteiger partial charge in [-0.2, -0.15) is 0 Å². The number of phenolic OH excluding ortho intramolecular Hbond substituents is 1. The van der Waals surface area contributed by atoms with Crippen molar-refractivity contribution in [1.29, 1.82) is 0 Å². The van der Waals surface area contributed by atoms with Crippen LogP contribution in [0.15, 0.2) is 24.3 Å². The van der Waals surface area contributed by atoms with Gasteiger partial charge >= 0.3 is 0 Å². The maximum Gasteiger partial charge on any atom is 0.148 e. The van der Waals surface area contributed by atoms with E-state index in [0.29, 0.717) is 13.0 Å². The number of rotatable bonds is 1. The van der Waals surface area contributed by atoms with E-state index in [9.17, 15) is 4.79 Å². The Morgan fingerprint density at radius 2 is 1.93 bits per heavy atom. The number of hydrogen-bond donors (Lipinski definition) is 2. The van der Waals surface area contributed by atoms with E-state index in [4.69, 9.17) is 5.11 Å². The van der Waals surface area contributed by atoms with E-state index in [1.807, 2.05) is 19.1 Å². The van der Waals surface area contributed by atoms with Crippen molar-refractivity contribution < 1.29 is 9.90 Å². The van der Waals surface area contributed by atoms with Crippen LogP contribution in [0.3, 0.4) is 0 Å². The number of aromatic hydroxyl groups is 1. The van der Waals surface area contributed by atoms with Crippen LogP contribution in [0.1, 0.15) is 18.9 Å². The molecular formula is C11H14ClNO2. The normalized spacial score (nSPS) is 25.0. The molecule has 3 nitrogen and oxygen atoms in total. The summed E-state index contributed by atoms with van der Waals surface area (Å²) in [5, 5.41) is 12.3. The molecule has 0 amide bonds. The summed E-state index contributed by atoms with van der Waals surface area (Å²) >= 11 is 0. The molecule has 0 aliphatic carbocycles. The number of carbonyl (C=O) groups excluding carboxylic acids is 1. The quantitative estimate of drug-likeness (QED) is 0.766. The minimum Gasteiger partial charge on any atom is -0.508 e. The predicted octanol–water partition coefficient (Wildman–Crippen LogP) is 1.59. The fourth-order valence-electron chi connectivity index (χ4n) is 1.85. The molecule has 0 radical (unpaired) electrons. The first kappa shape index (κ1) is 12.0. The number of ketones is 1. The van der Waals surface area contributed by atoms with Crippen molar-refractivity contribution in [3.05, 3.63) is 29.8 Å². The molecule has 1 aromatic carbocycles. The first-order valence-corrected chi connectivity index (χ1v) is 4.66. The molecule has 1 saturated heterocycles. The van der Waals surface area contributed by atoms with Crippen molar-refractivity contribution >= 4 is 18.2 Å². The van der Waals surface area contributed by atoms with Crippen molar-refractivity contribution in [3.8, 4) is 5.75 Å². The highest BCUT2D eigenvalue weighted by molar-refractivity contribution is 5.85. The summed E-state index contributed by atoms with van der Waals surface area (Å²) in [7, 11) is 0. The van der Waals surface area contributed by atoms with Gasteiger partial charge in [-0.25, -0.2) is 0 Å². The lowest BCUT2D eigenvalue weighted by Gasteiger charge is -2.23. The van der Waals surface area contributed by atoms with Crippen LogP contribution in [0.2, 0.25) is 0 Å². The molecule has 0 spiro atoms. The van der Waals surface area contributed by atoms with Crippen molar-refractivity contribution in [2.75, 3.05) is 6.54 Å². The SMILES string of the molecule is CC1(c2ccc(O)cc2)CC(=O)CN1.Cl. The average molecular weight is 228 g/mol. The first-order valence-electron chi connectivity index (χ1n) is 4.66. The Morgan fingerprint density at radius 1 is 1.33 bits per heavy atom. The van der Waals surface area contributed by atoms with Crippen LogP contribution in [0.5, 0.6) is 5.75 Å². The minimum absolute atomic E-state index is 0. The molecule has 82 valence electrons. The van der Waals surface area contributed by atoms with E-state index in [1.165, 1.54) is 0 Å². The Morgan fingerprint density at radius 3 is 2.40 bits per heavy atom. The smallest absolute Gasteiger partial charge is 0.148 e. The van der Waals surface area contributed by atoms with Crippen molar-refractivity contribution in [1.82, 2.24) is 5.32 Å². The van der Waals surface area contributed by atoms with E-state index in [2.05, 4.69) is 5.32 Å². The third-order valence-corrected chi connectivity index (χ3v) is 2.73. The second-order valence-electron chi connectivity index (χ2n) is 3.95. The third-order valence-electron chi connectivity index (χ3n) is 2.73. The Balaban J connectivity index is 0.00000112. The Kier molecular flexibility index (Phi) is 3.37. The van der Waals surface area contributed by atoms with Crippen LogP contribution in [0, 0.1) is 0 Å². The summed E-state index contributed by atoms with van der Waals surface area (Å²) in [6.07, 6.45) is 0.526. The largest absolute Gasteiger partial charge is 0.508 e. The number of hydrogen-bond acceptors (Lipinski definition) is 3. The average Bonchev–Trinajstić information content (AvgIpc) is 2.48. The first-order chi connectivity index (χ1) is 6.60. The maximum absolute atomic E-state index is 11.2. The number of nitrogens with one attached hydrogen (secondary N) is 1. The molecule has 2 rings (SSSR count). The molecule has 15 heavy (non-hydrogen) atoms. The highest BCUT2D eigenvalue weighted by Crippen LogP contribution is 2.29. The van der Waals surface area contributed by atoms with Gasteiger partial charge in [-0.15, -0.1) is 12.4 Å². The number of Topliss-reactive ketones (excluding diaryl/α,β-unsaturated/α-hetero) is 1. The molecule has 0 bridgehead atoms. The van der Waals surface area contributed by atoms with Crippen LogP contribution in [0.25, 0.3) is 0 Å². The highest BCUT2D eigenvalue weighted by atomic mass is 35.5. The fraction of sp³-hybridized carbons (Fsp3) is 0.364. The zero-order valence-corrected chi connectivity index (χ0v) is 9.30. The van der Waals surface area contributed by atoms with Gasteiger partial charge in [0.2, 0.25) is 0 Å². The van der Waals surface area contributed by atoms with Crippen LogP contribution < -0.4 is 5.32 Å².